The zero-order valence-corrected chi connectivity index (χ0v) is 29.8. The van der Waals surface area contributed by atoms with Crippen LogP contribution in [0, 0.1) is 6.07 Å². The van der Waals surface area contributed by atoms with E-state index in [1.54, 1.807) is 0 Å². The van der Waals surface area contributed by atoms with Gasteiger partial charge in [0, 0.05) is 0 Å². The molecule has 1 aliphatic rings. The van der Waals surface area contributed by atoms with Crippen molar-refractivity contribution in [1.29, 1.82) is 0 Å². The Labute approximate surface area is 261 Å². The third-order valence-electron chi connectivity index (χ3n) is 6.79. The number of hydrogen-bond donors (Lipinski definition) is 0. The normalized spacial score (nSPS) is 12.5. The van der Waals surface area contributed by atoms with Crippen molar-refractivity contribution in [3.63, 3.8) is 0 Å². The van der Waals surface area contributed by atoms with E-state index < -0.39 is 0 Å². The van der Waals surface area contributed by atoms with Crippen molar-refractivity contribution in [1.82, 2.24) is 0 Å². The van der Waals surface area contributed by atoms with E-state index in [-0.39, 0.29) is 46.5 Å². The van der Waals surface area contributed by atoms with Crippen molar-refractivity contribution in [3.05, 3.63) is 88.0 Å². The second-order valence-corrected chi connectivity index (χ2v) is 14.1. The van der Waals surface area contributed by atoms with Crippen LogP contribution in [-0.4, -0.2) is 4.21 Å². The van der Waals surface area contributed by atoms with Gasteiger partial charge in [0.25, 0.3) is 0 Å². The van der Waals surface area contributed by atoms with E-state index >= 15 is 0 Å². The molecule has 0 radical (unpaired) electrons. The Morgan fingerprint density at radius 3 is 1.42 bits per heavy atom. The predicted octanol–water partition coefficient (Wildman–Crippen LogP) is 3.63. The van der Waals surface area contributed by atoms with Gasteiger partial charge in [0.15, 0.2) is 0 Å². The summed E-state index contributed by atoms with van der Waals surface area (Å²) in [7, 11) is 0. The average molecular weight is 631 g/mol. The van der Waals surface area contributed by atoms with Gasteiger partial charge < -0.3 is 24.8 Å². The zero-order valence-electron chi connectivity index (χ0n) is 25.8. The van der Waals surface area contributed by atoms with Gasteiger partial charge in [0.2, 0.25) is 0 Å². The average Bonchev–Trinajstić information content (AvgIpc) is 3.42. The summed E-state index contributed by atoms with van der Waals surface area (Å²) in [5.41, 5.74) is 11.9. The first-order chi connectivity index (χ1) is 16.4. The molecule has 0 N–H and O–H groups in total. The van der Waals surface area contributed by atoms with Crippen molar-refractivity contribution < 1.29 is 49.0 Å². The van der Waals surface area contributed by atoms with Gasteiger partial charge in [-0.1, -0.05) is 106 Å². The first-order valence-corrected chi connectivity index (χ1v) is 14.9. The molecular weight excluding hydrogens is 583 g/mol. The maximum Gasteiger partial charge on any atom is -0.172 e. The summed E-state index contributed by atoms with van der Waals surface area (Å²) in [6.07, 6.45) is 1.01. The number of halogens is 2. The third-order valence-corrected chi connectivity index (χ3v) is 6.79. The molecule has 0 unspecified atom stereocenters. The second kappa shape index (κ2) is 13.7. The summed E-state index contributed by atoms with van der Waals surface area (Å²) in [6, 6.07) is 21.4. The first-order valence-electron chi connectivity index (χ1n) is 13.2. The molecule has 208 valence electrons. The molecule has 38 heavy (non-hydrogen) atoms. The molecule has 0 spiro atoms. The van der Waals surface area contributed by atoms with E-state index in [1.165, 1.54) is 68.7 Å². The van der Waals surface area contributed by atoms with Gasteiger partial charge in [-0.05, 0) is 39.4 Å². The van der Waals surface area contributed by atoms with Crippen LogP contribution in [-0.2, 0) is 52.3 Å². The smallest absolute Gasteiger partial charge is 0.172 e. The van der Waals surface area contributed by atoms with Gasteiger partial charge in [-0.25, -0.2) is 12.1 Å². The Kier molecular flexibility index (Phi) is 13.3. The summed E-state index contributed by atoms with van der Waals surface area (Å²) in [5, 5.41) is 0. The maximum absolute atomic E-state index is 3.90. The van der Waals surface area contributed by atoms with Crippen LogP contribution >= 0.6 is 0 Å². The van der Waals surface area contributed by atoms with Crippen LogP contribution < -0.4 is 24.8 Å². The number of rotatable bonds is 0. The van der Waals surface area contributed by atoms with Crippen LogP contribution in [0.5, 0.6) is 0 Å². The molecule has 0 atom stereocenters. The van der Waals surface area contributed by atoms with E-state index in [1.807, 2.05) is 30.3 Å². The van der Waals surface area contributed by atoms with E-state index in [2.05, 4.69) is 112 Å². The number of fused-ring (bicyclic) bond motifs is 3. The van der Waals surface area contributed by atoms with Crippen LogP contribution in [0.2, 0.25) is 0 Å². The first kappa shape index (κ1) is 37.1. The summed E-state index contributed by atoms with van der Waals surface area (Å²) in [4.78, 5) is 0. The van der Waals surface area contributed by atoms with Gasteiger partial charge >= 0.3 is 28.4 Å². The van der Waals surface area contributed by atoms with Crippen LogP contribution in [0.25, 0.3) is 11.1 Å². The summed E-state index contributed by atoms with van der Waals surface area (Å²) >= 11 is 1.30. The monoisotopic (exact) mass is 628 g/mol. The van der Waals surface area contributed by atoms with Crippen LogP contribution in [0.4, 0.5) is 0 Å². The molecule has 1 aliphatic carbocycles. The molecule has 3 heteroatoms. The van der Waals surface area contributed by atoms with E-state index in [0.717, 1.165) is 6.42 Å². The molecule has 0 bridgehead atoms. The number of benzene rings is 2. The fourth-order valence-electron chi connectivity index (χ4n) is 4.95. The van der Waals surface area contributed by atoms with Crippen molar-refractivity contribution in [2.75, 3.05) is 0 Å². The van der Waals surface area contributed by atoms with Crippen molar-refractivity contribution in [2.24, 2.45) is 0 Å². The Balaban J connectivity index is 0.00000134. The quantitative estimate of drug-likeness (QED) is 0.261. The van der Waals surface area contributed by atoms with Crippen molar-refractivity contribution in [2.45, 2.75) is 111 Å². The van der Waals surface area contributed by atoms with E-state index in [4.69, 9.17) is 0 Å². The standard InChI is InChI=1S/C29H41.C5H5.CH2.2ClH.Zr/c1-26(2,3)22-14-18-13-19-15-23(27(4,5)6)25(29(10,11)12)17-21(19)20(18)16-24(22)28(7,8)9;1-2-4-5-3-1;;;;/h14,16-17H,13H2,1-12H3;1-5H;1H2;2*1H;/q2*-1;;;;+2/p-2. The van der Waals surface area contributed by atoms with Gasteiger partial charge in [0.1, 0.15) is 0 Å². The van der Waals surface area contributed by atoms with Gasteiger partial charge in [-0.15, -0.1) is 16.7 Å². The molecule has 0 saturated heterocycles. The van der Waals surface area contributed by atoms with Gasteiger partial charge in [-0.2, -0.15) is 35.9 Å². The largest absolute Gasteiger partial charge is 1.00 e. The fraction of sp³-hybridized carbons (Fsp3) is 0.486. The molecular formula is C35H48Cl2Zr-2. The summed E-state index contributed by atoms with van der Waals surface area (Å²) < 4.78 is 3.34. The Morgan fingerprint density at radius 1 is 0.632 bits per heavy atom. The second-order valence-electron chi connectivity index (χ2n) is 14.1. The zero-order chi connectivity index (χ0) is 27.7. The maximum atomic E-state index is 3.90. The molecule has 0 saturated carbocycles. The fourth-order valence-corrected chi connectivity index (χ4v) is 4.95. The SMILES string of the molecule is CC(C)(C)c1[c-]c2c(cc1C(C)(C)C)-c1cc(C(C)(C)C)c(C(C)(C)C)cc1C2.[CH2]=[Zr+2].[Cl-].[Cl-].c1cc[cH-]c1. The molecule has 0 fully saturated rings. The van der Waals surface area contributed by atoms with Crippen LogP contribution in [0.3, 0.4) is 0 Å². The topological polar surface area (TPSA) is 0 Å². The van der Waals surface area contributed by atoms with Crippen molar-refractivity contribution >= 4 is 4.21 Å². The molecule has 0 aliphatic heterocycles. The summed E-state index contributed by atoms with van der Waals surface area (Å²) in [5.74, 6) is 0. The molecule has 0 aromatic heterocycles. The number of hydrogen-bond acceptors (Lipinski definition) is 0. The molecule has 0 amide bonds. The molecule has 3 aromatic rings. The summed E-state index contributed by atoms with van der Waals surface area (Å²) in [6.45, 7) is 28.0. The van der Waals surface area contributed by atoms with Gasteiger partial charge in [-0.3, -0.25) is 0 Å². The Bertz CT molecular complexity index is 1060. The molecule has 4 rings (SSSR count). The van der Waals surface area contributed by atoms with Gasteiger partial charge in [0.05, 0.1) is 0 Å². The minimum Gasteiger partial charge on any atom is -1.00 e. The predicted molar refractivity (Wildman–Crippen MR) is 157 cm³/mol. The van der Waals surface area contributed by atoms with E-state index in [9.17, 15) is 0 Å². The van der Waals surface area contributed by atoms with E-state index in [0.29, 0.717) is 0 Å². The minimum atomic E-state index is 0. The minimum absolute atomic E-state index is 0. The molecule has 0 heterocycles. The third kappa shape index (κ3) is 8.81. The Hall–Kier alpha value is -0.877. The molecule has 3 aromatic carbocycles. The van der Waals surface area contributed by atoms with Crippen LogP contribution in [0.15, 0.2) is 48.5 Å². The van der Waals surface area contributed by atoms with Crippen LogP contribution in [0.1, 0.15) is 116 Å². The van der Waals surface area contributed by atoms with Crippen molar-refractivity contribution in [3.8, 4) is 11.1 Å². The Morgan fingerprint density at radius 2 is 1.05 bits per heavy atom. The molecule has 0 nitrogen and oxygen atoms in total.